The number of halogens is 1. The minimum atomic E-state index is -0.325. The van der Waals surface area contributed by atoms with Crippen LogP contribution in [0.2, 0.25) is 5.02 Å². The molecule has 5 heteroatoms. The van der Waals surface area contributed by atoms with Crippen molar-refractivity contribution < 1.29 is 9.53 Å². The minimum absolute atomic E-state index is 0.00431. The zero-order chi connectivity index (χ0) is 13.9. The van der Waals surface area contributed by atoms with E-state index < -0.39 is 0 Å². The van der Waals surface area contributed by atoms with Crippen LogP contribution in [0, 0.1) is 6.92 Å². The van der Waals surface area contributed by atoms with Crippen LogP contribution in [-0.4, -0.2) is 38.1 Å². The van der Waals surface area contributed by atoms with Crippen molar-refractivity contribution in [2.75, 3.05) is 26.5 Å². The lowest BCUT2D eigenvalue weighted by Gasteiger charge is -2.20. The summed E-state index contributed by atoms with van der Waals surface area (Å²) in [6, 6.07) is 3.29. The van der Waals surface area contributed by atoms with Crippen LogP contribution < -0.4 is 10.1 Å². The van der Waals surface area contributed by atoms with Crippen LogP contribution in [-0.2, 0) is 4.79 Å². The van der Waals surface area contributed by atoms with E-state index in [-0.39, 0.29) is 11.9 Å². The van der Waals surface area contributed by atoms with Gasteiger partial charge >= 0.3 is 0 Å². The summed E-state index contributed by atoms with van der Waals surface area (Å²) in [5.41, 5.74) is 1.70. The van der Waals surface area contributed by atoms with Crippen LogP contribution in [0.3, 0.4) is 0 Å². The summed E-state index contributed by atoms with van der Waals surface area (Å²) >= 11 is 6.03. The number of anilines is 1. The topological polar surface area (TPSA) is 41.6 Å². The molecule has 1 rings (SSSR count). The highest BCUT2D eigenvalue weighted by atomic mass is 35.5. The maximum atomic E-state index is 11.8. The second kappa shape index (κ2) is 5.96. The highest BCUT2D eigenvalue weighted by Gasteiger charge is 2.16. The van der Waals surface area contributed by atoms with Crippen molar-refractivity contribution in [3.63, 3.8) is 0 Å². The summed E-state index contributed by atoms with van der Waals surface area (Å²) < 4.78 is 5.25. The van der Waals surface area contributed by atoms with E-state index in [0.29, 0.717) is 10.8 Å². The van der Waals surface area contributed by atoms with Gasteiger partial charge in [0.05, 0.1) is 12.8 Å². The van der Waals surface area contributed by atoms with Gasteiger partial charge in [-0.1, -0.05) is 11.6 Å². The van der Waals surface area contributed by atoms with Crippen molar-refractivity contribution in [2.24, 2.45) is 0 Å². The average Bonchev–Trinajstić information content (AvgIpc) is 2.32. The molecule has 0 fully saturated rings. The first-order chi connectivity index (χ1) is 8.36. The molecule has 0 spiro atoms. The van der Waals surface area contributed by atoms with E-state index in [1.807, 2.05) is 19.9 Å². The zero-order valence-corrected chi connectivity index (χ0v) is 12.1. The minimum Gasteiger partial charge on any atom is -0.495 e. The number of rotatable bonds is 4. The molecule has 4 nitrogen and oxygen atoms in total. The SMILES string of the molecule is COc1cc(Cl)c(C)cc1NC(C)C(=O)N(C)C. The van der Waals surface area contributed by atoms with E-state index in [4.69, 9.17) is 16.3 Å². The molecule has 100 valence electrons. The Morgan fingerprint density at radius 3 is 2.56 bits per heavy atom. The highest BCUT2D eigenvalue weighted by molar-refractivity contribution is 6.31. The molecule has 0 aliphatic carbocycles. The zero-order valence-electron chi connectivity index (χ0n) is 11.4. The monoisotopic (exact) mass is 270 g/mol. The van der Waals surface area contributed by atoms with E-state index in [9.17, 15) is 4.79 Å². The number of likely N-dealkylation sites (N-methyl/N-ethyl adjacent to an activating group) is 1. The summed E-state index contributed by atoms with van der Waals surface area (Å²) in [6.07, 6.45) is 0. The van der Waals surface area contributed by atoms with Crippen molar-refractivity contribution in [1.29, 1.82) is 0 Å². The third-order valence-corrected chi connectivity index (χ3v) is 3.07. The molecule has 1 N–H and O–H groups in total. The number of benzene rings is 1. The van der Waals surface area contributed by atoms with E-state index in [0.717, 1.165) is 11.3 Å². The van der Waals surface area contributed by atoms with Crippen LogP contribution in [0.1, 0.15) is 12.5 Å². The number of aryl methyl sites for hydroxylation is 1. The maximum Gasteiger partial charge on any atom is 0.244 e. The van der Waals surface area contributed by atoms with Crippen molar-refractivity contribution in [1.82, 2.24) is 4.90 Å². The van der Waals surface area contributed by atoms with Crippen LogP contribution in [0.5, 0.6) is 5.75 Å². The van der Waals surface area contributed by atoms with Gasteiger partial charge in [0.15, 0.2) is 0 Å². The molecule has 1 aromatic rings. The molecule has 0 radical (unpaired) electrons. The van der Waals surface area contributed by atoms with Crippen LogP contribution in [0.15, 0.2) is 12.1 Å². The number of carbonyl (C=O) groups is 1. The van der Waals surface area contributed by atoms with Gasteiger partial charge < -0.3 is 15.0 Å². The molecule has 0 bridgehead atoms. The first-order valence-corrected chi connectivity index (χ1v) is 6.06. The number of hydrogen-bond acceptors (Lipinski definition) is 3. The van der Waals surface area contributed by atoms with E-state index in [2.05, 4.69) is 5.32 Å². The van der Waals surface area contributed by atoms with Gasteiger partial charge in [0.1, 0.15) is 11.8 Å². The normalized spacial score (nSPS) is 11.9. The van der Waals surface area contributed by atoms with Crippen molar-refractivity contribution in [2.45, 2.75) is 19.9 Å². The average molecular weight is 271 g/mol. The molecule has 0 aliphatic rings. The predicted molar refractivity (Wildman–Crippen MR) is 74.5 cm³/mol. The lowest BCUT2D eigenvalue weighted by molar-refractivity contribution is -0.129. The van der Waals surface area contributed by atoms with Crippen molar-refractivity contribution >= 4 is 23.2 Å². The van der Waals surface area contributed by atoms with Crippen molar-refractivity contribution in [3.05, 3.63) is 22.7 Å². The summed E-state index contributed by atoms with van der Waals surface area (Å²) in [6.45, 7) is 3.72. The molecule has 0 aromatic heterocycles. The Bertz CT molecular complexity index is 447. The lowest BCUT2D eigenvalue weighted by atomic mass is 10.2. The molecular formula is C13H19ClN2O2. The van der Waals surface area contributed by atoms with Gasteiger partial charge in [-0.15, -0.1) is 0 Å². The van der Waals surface area contributed by atoms with Crippen LogP contribution >= 0.6 is 11.6 Å². The second-order valence-electron chi connectivity index (χ2n) is 4.40. The molecule has 1 atom stereocenters. The maximum absolute atomic E-state index is 11.8. The largest absolute Gasteiger partial charge is 0.495 e. The summed E-state index contributed by atoms with van der Waals surface area (Å²) in [5, 5.41) is 3.78. The third-order valence-electron chi connectivity index (χ3n) is 2.66. The predicted octanol–water partition coefficient (Wildman–Crippen LogP) is 2.55. The number of nitrogens with zero attached hydrogens (tertiary/aromatic N) is 1. The van der Waals surface area contributed by atoms with Gasteiger partial charge in [0, 0.05) is 25.2 Å². The van der Waals surface area contributed by atoms with E-state index in [1.165, 1.54) is 0 Å². The Balaban J connectivity index is 2.96. The van der Waals surface area contributed by atoms with E-state index in [1.54, 1.807) is 32.2 Å². The van der Waals surface area contributed by atoms with Crippen LogP contribution in [0.4, 0.5) is 5.69 Å². The Labute approximate surface area is 113 Å². The first-order valence-electron chi connectivity index (χ1n) is 5.68. The highest BCUT2D eigenvalue weighted by Crippen LogP contribution is 2.31. The smallest absolute Gasteiger partial charge is 0.244 e. The molecule has 18 heavy (non-hydrogen) atoms. The quantitative estimate of drug-likeness (QED) is 0.914. The molecule has 0 saturated carbocycles. The van der Waals surface area contributed by atoms with Gasteiger partial charge in [-0.25, -0.2) is 0 Å². The fourth-order valence-electron chi connectivity index (χ4n) is 1.63. The molecule has 0 heterocycles. The number of methoxy groups -OCH3 is 1. The number of amides is 1. The fourth-order valence-corrected chi connectivity index (χ4v) is 1.78. The lowest BCUT2D eigenvalue weighted by Crippen LogP contribution is -2.36. The Hall–Kier alpha value is -1.42. The van der Waals surface area contributed by atoms with Gasteiger partial charge in [-0.2, -0.15) is 0 Å². The first kappa shape index (κ1) is 14.6. The van der Waals surface area contributed by atoms with Gasteiger partial charge in [-0.05, 0) is 25.5 Å². The standard InChI is InChI=1S/C13H19ClN2O2/c1-8-6-11(12(18-5)7-10(8)14)15-9(2)13(17)16(3)4/h6-7,9,15H,1-5H3. The molecule has 1 amide bonds. The van der Waals surface area contributed by atoms with Gasteiger partial charge in [0.2, 0.25) is 5.91 Å². The fraction of sp³-hybridized carbons (Fsp3) is 0.462. The molecule has 1 unspecified atom stereocenters. The summed E-state index contributed by atoms with van der Waals surface area (Å²) in [7, 11) is 5.03. The number of carbonyl (C=O) groups excluding carboxylic acids is 1. The van der Waals surface area contributed by atoms with Crippen molar-refractivity contribution in [3.8, 4) is 5.75 Å². The summed E-state index contributed by atoms with van der Waals surface area (Å²) in [4.78, 5) is 13.3. The van der Waals surface area contributed by atoms with E-state index >= 15 is 0 Å². The molecule has 0 aliphatic heterocycles. The number of nitrogens with one attached hydrogen (secondary N) is 1. The summed E-state index contributed by atoms with van der Waals surface area (Å²) in [5.74, 6) is 0.633. The molecular weight excluding hydrogens is 252 g/mol. The number of ether oxygens (including phenoxy) is 1. The second-order valence-corrected chi connectivity index (χ2v) is 4.81. The van der Waals surface area contributed by atoms with Gasteiger partial charge in [-0.3, -0.25) is 4.79 Å². The molecule has 0 saturated heterocycles. The molecule has 1 aromatic carbocycles. The Kier molecular flexibility index (Phi) is 4.84. The van der Waals surface area contributed by atoms with Crippen LogP contribution in [0.25, 0.3) is 0 Å². The number of hydrogen-bond donors (Lipinski definition) is 1. The van der Waals surface area contributed by atoms with Gasteiger partial charge in [0.25, 0.3) is 0 Å². The Morgan fingerprint density at radius 1 is 1.44 bits per heavy atom. The Morgan fingerprint density at radius 2 is 2.06 bits per heavy atom. The third kappa shape index (κ3) is 3.29.